The van der Waals surface area contributed by atoms with Gasteiger partial charge in [0.2, 0.25) is 0 Å². The lowest BCUT2D eigenvalue weighted by atomic mass is 9.95. The molecule has 5 rings (SSSR count). The highest BCUT2D eigenvalue weighted by molar-refractivity contribution is 7.26. The number of hydrogen-bond acceptors (Lipinski definition) is 2. The summed E-state index contributed by atoms with van der Waals surface area (Å²) in [6, 6.07) is 22.4. The molecule has 1 nitrogen and oxygen atoms in total. The van der Waals surface area contributed by atoms with Crippen LogP contribution in [0.5, 0.6) is 0 Å². The molecule has 0 spiro atoms. The molecule has 0 aliphatic carbocycles. The Morgan fingerprint density at radius 3 is 2.74 bits per heavy atom. The minimum atomic E-state index is 1.00. The van der Waals surface area contributed by atoms with Crippen molar-refractivity contribution in [2.24, 2.45) is 0 Å². The third kappa shape index (κ3) is 2.10. The van der Waals surface area contributed by atoms with E-state index in [1.807, 2.05) is 11.3 Å². The van der Waals surface area contributed by atoms with Crippen molar-refractivity contribution in [3.8, 4) is 11.1 Å². The van der Waals surface area contributed by atoms with Gasteiger partial charge in [-0.25, -0.2) is 0 Å². The Labute approximate surface area is 139 Å². The van der Waals surface area contributed by atoms with Gasteiger partial charge in [-0.1, -0.05) is 54.6 Å². The lowest BCUT2D eigenvalue weighted by molar-refractivity contribution is 0.644. The number of fused-ring (bicyclic) bond motifs is 4. The molecule has 0 bridgehead atoms. The molecule has 1 aliphatic heterocycles. The predicted octanol–water partition coefficient (Wildman–Crippen LogP) is 5.37. The van der Waals surface area contributed by atoms with E-state index in [1.165, 1.54) is 42.4 Å². The summed E-state index contributed by atoms with van der Waals surface area (Å²) in [5, 5.41) is 6.20. The van der Waals surface area contributed by atoms with Crippen molar-refractivity contribution in [3.63, 3.8) is 0 Å². The zero-order valence-corrected chi connectivity index (χ0v) is 13.6. The molecule has 0 unspecified atom stereocenters. The summed E-state index contributed by atoms with van der Waals surface area (Å²) in [6.45, 7) is 2.09. The van der Waals surface area contributed by atoms with Gasteiger partial charge in [-0.3, -0.25) is 0 Å². The Bertz CT molecular complexity index is 1030. The summed E-state index contributed by atoms with van der Waals surface area (Å²) in [4.78, 5) is 0. The van der Waals surface area contributed by atoms with E-state index >= 15 is 0 Å². The topological polar surface area (TPSA) is 12.0 Å². The van der Waals surface area contributed by atoms with Crippen molar-refractivity contribution >= 4 is 31.5 Å². The Morgan fingerprint density at radius 2 is 1.74 bits per heavy atom. The van der Waals surface area contributed by atoms with E-state index in [0.29, 0.717) is 0 Å². The highest BCUT2D eigenvalue weighted by Crippen LogP contribution is 2.40. The van der Waals surface area contributed by atoms with Crippen LogP contribution in [0.4, 0.5) is 0 Å². The van der Waals surface area contributed by atoms with Gasteiger partial charge in [0.15, 0.2) is 0 Å². The van der Waals surface area contributed by atoms with Crippen LogP contribution in [0.25, 0.3) is 31.3 Å². The largest absolute Gasteiger partial charge is 0.312 e. The molecule has 0 radical (unpaired) electrons. The highest BCUT2D eigenvalue weighted by atomic mass is 32.1. The first kappa shape index (κ1) is 13.3. The smallest absolute Gasteiger partial charge is 0.0433 e. The highest BCUT2D eigenvalue weighted by Gasteiger charge is 2.13. The molecule has 4 aromatic rings. The Morgan fingerprint density at radius 1 is 0.826 bits per heavy atom. The quantitative estimate of drug-likeness (QED) is 0.498. The molecule has 0 amide bonds. The Kier molecular flexibility index (Phi) is 3.00. The minimum Gasteiger partial charge on any atom is -0.312 e. The van der Waals surface area contributed by atoms with E-state index in [0.717, 1.165) is 19.5 Å². The second-order valence-electron chi connectivity index (χ2n) is 6.19. The Balaban J connectivity index is 1.77. The summed E-state index contributed by atoms with van der Waals surface area (Å²) in [5.74, 6) is 0. The zero-order chi connectivity index (χ0) is 15.2. The van der Waals surface area contributed by atoms with Crippen molar-refractivity contribution in [1.29, 1.82) is 0 Å². The fourth-order valence-electron chi connectivity index (χ4n) is 3.62. The zero-order valence-electron chi connectivity index (χ0n) is 12.8. The lowest BCUT2D eigenvalue weighted by Crippen LogP contribution is -2.23. The summed E-state index contributed by atoms with van der Waals surface area (Å²) >= 11 is 1.91. The molecule has 112 valence electrons. The number of thiophene rings is 1. The van der Waals surface area contributed by atoms with Crippen LogP contribution in [-0.2, 0) is 13.0 Å². The molecule has 1 aliphatic rings. The first-order chi connectivity index (χ1) is 11.4. The minimum absolute atomic E-state index is 1.00. The molecule has 23 heavy (non-hydrogen) atoms. The van der Waals surface area contributed by atoms with Crippen LogP contribution in [0.1, 0.15) is 11.1 Å². The SMILES string of the molecule is c1ccc2c(c1)sc1c(-c3ccc4c(c3)CCNC4)cccc12. The fraction of sp³-hybridized carbons (Fsp3) is 0.143. The van der Waals surface area contributed by atoms with Gasteiger partial charge in [-0.05, 0) is 41.3 Å². The second kappa shape index (κ2) is 5.19. The van der Waals surface area contributed by atoms with Crippen LogP contribution >= 0.6 is 11.3 Å². The maximum absolute atomic E-state index is 3.45. The van der Waals surface area contributed by atoms with Gasteiger partial charge in [-0.15, -0.1) is 11.3 Å². The van der Waals surface area contributed by atoms with E-state index in [4.69, 9.17) is 0 Å². The van der Waals surface area contributed by atoms with Crippen molar-refractivity contribution in [1.82, 2.24) is 5.32 Å². The summed E-state index contributed by atoms with van der Waals surface area (Å²) in [6.07, 6.45) is 1.13. The van der Waals surface area contributed by atoms with Gasteiger partial charge in [0, 0.05) is 26.7 Å². The van der Waals surface area contributed by atoms with E-state index < -0.39 is 0 Å². The molecular formula is C21H17NS. The third-order valence-corrected chi connectivity index (χ3v) is 6.03. The van der Waals surface area contributed by atoms with Gasteiger partial charge in [0.1, 0.15) is 0 Å². The van der Waals surface area contributed by atoms with Crippen molar-refractivity contribution in [2.45, 2.75) is 13.0 Å². The van der Waals surface area contributed by atoms with Gasteiger partial charge < -0.3 is 5.32 Å². The van der Waals surface area contributed by atoms with Crippen molar-refractivity contribution in [3.05, 3.63) is 71.8 Å². The predicted molar refractivity (Wildman–Crippen MR) is 100 cm³/mol. The van der Waals surface area contributed by atoms with Gasteiger partial charge in [0.05, 0.1) is 0 Å². The molecule has 1 N–H and O–H groups in total. The van der Waals surface area contributed by atoms with E-state index in [9.17, 15) is 0 Å². The van der Waals surface area contributed by atoms with Gasteiger partial charge >= 0.3 is 0 Å². The normalized spacial score (nSPS) is 14.3. The molecule has 2 heteroatoms. The van der Waals surface area contributed by atoms with Crippen LogP contribution in [0.15, 0.2) is 60.7 Å². The summed E-state index contributed by atoms with van der Waals surface area (Å²) in [5.41, 5.74) is 5.66. The number of nitrogens with one attached hydrogen (secondary N) is 1. The molecule has 3 aromatic carbocycles. The molecule has 0 saturated heterocycles. The molecular weight excluding hydrogens is 298 g/mol. The molecule has 1 aromatic heterocycles. The third-order valence-electron chi connectivity index (χ3n) is 4.81. The fourth-order valence-corrected chi connectivity index (χ4v) is 4.86. The monoisotopic (exact) mass is 315 g/mol. The van der Waals surface area contributed by atoms with Gasteiger partial charge in [0.25, 0.3) is 0 Å². The molecule has 0 atom stereocenters. The summed E-state index contributed by atoms with van der Waals surface area (Å²) in [7, 11) is 0. The standard InChI is InChI=1S/C21H17NS/c1-2-7-20-18(4-1)19-6-3-5-17(21(19)23-20)15-8-9-16-13-22-11-10-14(16)12-15/h1-9,12,22H,10-11,13H2. The molecule has 0 saturated carbocycles. The Hall–Kier alpha value is -2.16. The van der Waals surface area contributed by atoms with E-state index in [2.05, 4.69) is 66.0 Å². The van der Waals surface area contributed by atoms with Gasteiger partial charge in [-0.2, -0.15) is 0 Å². The number of rotatable bonds is 1. The number of hydrogen-bond donors (Lipinski definition) is 1. The summed E-state index contributed by atoms with van der Waals surface area (Å²) < 4.78 is 2.78. The average Bonchev–Trinajstić information content (AvgIpc) is 3.00. The maximum atomic E-state index is 3.45. The second-order valence-corrected chi connectivity index (χ2v) is 7.24. The van der Waals surface area contributed by atoms with E-state index in [-0.39, 0.29) is 0 Å². The van der Waals surface area contributed by atoms with Crippen molar-refractivity contribution < 1.29 is 0 Å². The molecule has 0 fully saturated rings. The van der Waals surface area contributed by atoms with Crippen LogP contribution in [-0.4, -0.2) is 6.54 Å². The first-order valence-corrected chi connectivity index (χ1v) is 8.95. The van der Waals surface area contributed by atoms with Crippen LogP contribution in [0, 0.1) is 0 Å². The number of benzene rings is 3. The maximum Gasteiger partial charge on any atom is 0.0433 e. The lowest BCUT2D eigenvalue weighted by Gasteiger charge is -2.18. The van der Waals surface area contributed by atoms with Crippen LogP contribution in [0.2, 0.25) is 0 Å². The van der Waals surface area contributed by atoms with Crippen LogP contribution in [0.3, 0.4) is 0 Å². The first-order valence-electron chi connectivity index (χ1n) is 8.13. The van der Waals surface area contributed by atoms with Crippen molar-refractivity contribution in [2.75, 3.05) is 6.54 Å². The van der Waals surface area contributed by atoms with Crippen LogP contribution < -0.4 is 5.32 Å². The molecule has 2 heterocycles. The average molecular weight is 315 g/mol. The van der Waals surface area contributed by atoms with E-state index in [1.54, 1.807) is 0 Å².